The molecular weight excluding hydrogens is 464 g/mol. The summed E-state index contributed by atoms with van der Waals surface area (Å²) in [7, 11) is 0. The first-order valence-corrected chi connectivity index (χ1v) is 13.0. The maximum atomic E-state index is 12.7. The summed E-state index contributed by atoms with van der Waals surface area (Å²) in [5.74, 6) is -0.355. The van der Waals surface area contributed by atoms with Gasteiger partial charge in [0.15, 0.2) is 0 Å². The number of carbonyl (C=O) groups is 3. The Morgan fingerprint density at radius 1 is 1.06 bits per heavy atom. The second kappa shape index (κ2) is 12.7. The van der Waals surface area contributed by atoms with Gasteiger partial charge in [0.2, 0.25) is 0 Å². The Bertz CT molecular complexity index is 1010. The number of rotatable bonds is 12. The van der Waals surface area contributed by atoms with E-state index in [1.807, 2.05) is 0 Å². The molecule has 0 radical (unpaired) electrons. The minimum absolute atomic E-state index is 0.0725. The van der Waals surface area contributed by atoms with Crippen molar-refractivity contribution in [3.63, 3.8) is 0 Å². The van der Waals surface area contributed by atoms with Gasteiger partial charge in [-0.1, -0.05) is 38.1 Å². The van der Waals surface area contributed by atoms with Gasteiger partial charge in [-0.2, -0.15) is 0 Å². The SMILES string of the molecule is CC(C)C[C@@H](NCc1ccc(CCc2cc(C(N)=O)c(NC(N)=O)s2)cc1)C(=O)OC1CCCC1. The third kappa shape index (κ3) is 8.36. The number of hydrogen-bond acceptors (Lipinski definition) is 6. The molecule has 1 atom stereocenters. The number of nitrogens with one attached hydrogen (secondary N) is 2. The first-order chi connectivity index (χ1) is 16.7. The van der Waals surface area contributed by atoms with Gasteiger partial charge in [0.05, 0.1) is 5.56 Å². The van der Waals surface area contributed by atoms with Crippen LogP contribution in [-0.2, 0) is 28.9 Å². The molecule has 3 amide bonds. The number of urea groups is 1. The Labute approximate surface area is 210 Å². The van der Waals surface area contributed by atoms with E-state index in [-0.39, 0.29) is 23.7 Å². The molecule has 2 aromatic rings. The number of esters is 1. The standard InChI is InChI=1S/C26H36N4O4S/c1-16(2)13-22(25(32)34-19-5-3-4-6-19)29-15-18-9-7-17(8-10-18)11-12-20-14-21(23(27)31)24(35-20)30-26(28)33/h7-10,14,16,19,22,29H,3-6,11-13,15H2,1-2H3,(H2,27,31)(H3,28,30,33)/t22-/m1/s1. The van der Waals surface area contributed by atoms with Crippen molar-refractivity contribution in [3.8, 4) is 0 Å². The summed E-state index contributed by atoms with van der Waals surface area (Å²) in [6.07, 6.45) is 6.50. The maximum absolute atomic E-state index is 12.7. The molecule has 1 saturated carbocycles. The van der Waals surface area contributed by atoms with E-state index >= 15 is 0 Å². The highest BCUT2D eigenvalue weighted by Crippen LogP contribution is 2.29. The molecule has 1 aliphatic carbocycles. The van der Waals surface area contributed by atoms with Crippen LogP contribution >= 0.6 is 11.3 Å². The Hall–Kier alpha value is -2.91. The molecule has 3 rings (SSSR count). The average molecular weight is 501 g/mol. The first kappa shape index (κ1) is 26.7. The Morgan fingerprint density at radius 2 is 1.71 bits per heavy atom. The zero-order chi connectivity index (χ0) is 25.4. The lowest BCUT2D eigenvalue weighted by molar-refractivity contribution is -0.151. The number of benzene rings is 1. The van der Waals surface area contributed by atoms with E-state index < -0.39 is 11.9 Å². The third-order valence-electron chi connectivity index (χ3n) is 6.10. The average Bonchev–Trinajstić information content (AvgIpc) is 3.45. The molecule has 0 saturated heterocycles. The Morgan fingerprint density at radius 3 is 2.31 bits per heavy atom. The molecule has 0 bridgehead atoms. The molecule has 8 nitrogen and oxygen atoms in total. The van der Waals surface area contributed by atoms with Crippen molar-refractivity contribution in [2.24, 2.45) is 17.4 Å². The zero-order valence-electron chi connectivity index (χ0n) is 20.5. The highest BCUT2D eigenvalue weighted by Gasteiger charge is 2.26. The topological polar surface area (TPSA) is 137 Å². The van der Waals surface area contributed by atoms with Gasteiger partial charge in [0.25, 0.3) is 5.91 Å². The number of nitrogens with two attached hydrogens (primary N) is 2. The Balaban J connectivity index is 1.53. The van der Waals surface area contributed by atoms with Crippen LogP contribution in [0.3, 0.4) is 0 Å². The van der Waals surface area contributed by atoms with Gasteiger partial charge < -0.3 is 21.5 Å². The molecule has 9 heteroatoms. The van der Waals surface area contributed by atoms with Crippen molar-refractivity contribution in [3.05, 3.63) is 51.9 Å². The zero-order valence-corrected chi connectivity index (χ0v) is 21.3. The first-order valence-electron chi connectivity index (χ1n) is 12.2. The van der Waals surface area contributed by atoms with Crippen molar-refractivity contribution in [2.75, 3.05) is 5.32 Å². The highest BCUT2D eigenvalue weighted by atomic mass is 32.1. The van der Waals surface area contributed by atoms with Crippen LogP contribution in [0.2, 0.25) is 0 Å². The van der Waals surface area contributed by atoms with E-state index in [1.54, 1.807) is 6.07 Å². The van der Waals surface area contributed by atoms with Crippen LogP contribution in [0, 0.1) is 5.92 Å². The van der Waals surface area contributed by atoms with Crippen LogP contribution in [0.25, 0.3) is 0 Å². The predicted molar refractivity (Wildman–Crippen MR) is 138 cm³/mol. The molecule has 35 heavy (non-hydrogen) atoms. The van der Waals surface area contributed by atoms with Crippen molar-refractivity contribution in [1.29, 1.82) is 0 Å². The molecule has 1 fully saturated rings. The number of ether oxygens (including phenoxy) is 1. The van der Waals surface area contributed by atoms with E-state index in [9.17, 15) is 14.4 Å². The molecule has 1 aromatic heterocycles. The summed E-state index contributed by atoms with van der Waals surface area (Å²) in [4.78, 5) is 36.4. The number of aryl methyl sites for hydroxylation is 2. The minimum atomic E-state index is -0.729. The van der Waals surface area contributed by atoms with Crippen LogP contribution in [-0.4, -0.2) is 30.1 Å². The normalized spacial score (nSPS) is 14.7. The van der Waals surface area contributed by atoms with Crippen LogP contribution in [0.5, 0.6) is 0 Å². The lowest BCUT2D eigenvalue weighted by Crippen LogP contribution is -2.40. The van der Waals surface area contributed by atoms with Crippen LogP contribution in [0.1, 0.15) is 72.3 Å². The van der Waals surface area contributed by atoms with Crippen LogP contribution in [0.15, 0.2) is 30.3 Å². The van der Waals surface area contributed by atoms with E-state index in [2.05, 4.69) is 48.7 Å². The van der Waals surface area contributed by atoms with Gasteiger partial charge in [0.1, 0.15) is 17.1 Å². The minimum Gasteiger partial charge on any atom is -0.461 e. The van der Waals surface area contributed by atoms with Crippen molar-refractivity contribution in [1.82, 2.24) is 5.32 Å². The van der Waals surface area contributed by atoms with Crippen molar-refractivity contribution in [2.45, 2.75) is 77.5 Å². The summed E-state index contributed by atoms with van der Waals surface area (Å²) < 4.78 is 5.74. The van der Waals surface area contributed by atoms with E-state index in [0.717, 1.165) is 54.5 Å². The molecule has 6 N–H and O–H groups in total. The number of amides is 3. The lowest BCUT2D eigenvalue weighted by Gasteiger charge is -2.22. The second-order valence-electron chi connectivity index (χ2n) is 9.53. The summed E-state index contributed by atoms with van der Waals surface area (Å²) in [5, 5.41) is 6.23. The molecule has 0 unspecified atom stereocenters. The quantitative estimate of drug-likeness (QED) is 0.325. The fourth-order valence-corrected chi connectivity index (χ4v) is 5.34. The maximum Gasteiger partial charge on any atom is 0.323 e. The smallest absolute Gasteiger partial charge is 0.323 e. The highest BCUT2D eigenvalue weighted by molar-refractivity contribution is 7.16. The van der Waals surface area contributed by atoms with Gasteiger partial charge in [0, 0.05) is 11.4 Å². The number of primary amides is 2. The molecule has 1 aromatic carbocycles. The summed E-state index contributed by atoms with van der Waals surface area (Å²) >= 11 is 1.30. The monoisotopic (exact) mass is 500 g/mol. The third-order valence-corrected chi connectivity index (χ3v) is 7.21. The van der Waals surface area contributed by atoms with Crippen molar-refractivity contribution < 1.29 is 19.1 Å². The molecule has 190 valence electrons. The molecule has 1 aliphatic rings. The summed E-state index contributed by atoms with van der Waals surface area (Å²) in [6.45, 7) is 4.81. The van der Waals surface area contributed by atoms with E-state index in [0.29, 0.717) is 23.9 Å². The fraction of sp³-hybridized carbons (Fsp3) is 0.500. The molecule has 1 heterocycles. The number of carbonyl (C=O) groups excluding carboxylic acids is 3. The molecule has 0 spiro atoms. The van der Waals surface area contributed by atoms with Gasteiger partial charge in [-0.15, -0.1) is 11.3 Å². The van der Waals surface area contributed by atoms with Crippen molar-refractivity contribution >= 4 is 34.2 Å². The lowest BCUT2D eigenvalue weighted by atomic mass is 10.0. The summed E-state index contributed by atoms with van der Waals surface area (Å²) in [6, 6.07) is 8.91. The number of thiophene rings is 1. The molecular formula is C26H36N4O4S. The van der Waals surface area contributed by atoms with Crippen LogP contribution in [0.4, 0.5) is 9.80 Å². The summed E-state index contributed by atoms with van der Waals surface area (Å²) in [5.41, 5.74) is 13.1. The number of hydrogen-bond donors (Lipinski definition) is 4. The van der Waals surface area contributed by atoms with Gasteiger partial charge in [-0.05, 0) is 68.1 Å². The Kier molecular flexibility index (Phi) is 9.68. The predicted octanol–water partition coefficient (Wildman–Crippen LogP) is 4.11. The largest absolute Gasteiger partial charge is 0.461 e. The van der Waals surface area contributed by atoms with E-state index in [4.69, 9.17) is 16.2 Å². The molecule has 0 aliphatic heterocycles. The fourth-order valence-electron chi connectivity index (χ4n) is 4.27. The van der Waals surface area contributed by atoms with Gasteiger partial charge in [-0.25, -0.2) is 4.79 Å². The van der Waals surface area contributed by atoms with Gasteiger partial charge in [-0.3, -0.25) is 14.9 Å². The second-order valence-corrected chi connectivity index (χ2v) is 10.7. The van der Waals surface area contributed by atoms with E-state index in [1.165, 1.54) is 11.3 Å². The van der Waals surface area contributed by atoms with Crippen LogP contribution < -0.4 is 22.1 Å². The van der Waals surface area contributed by atoms with Gasteiger partial charge >= 0.3 is 12.0 Å². The number of anilines is 1.